The van der Waals surface area contributed by atoms with E-state index in [2.05, 4.69) is 10.3 Å². The highest BCUT2D eigenvalue weighted by atomic mass is 19.3. The molecule has 39 heavy (non-hydrogen) atoms. The lowest BCUT2D eigenvalue weighted by atomic mass is 9.83. The van der Waals surface area contributed by atoms with Crippen LogP contribution in [0.3, 0.4) is 0 Å². The van der Waals surface area contributed by atoms with Crippen molar-refractivity contribution >= 4 is 17.7 Å². The molecule has 1 fully saturated rings. The lowest BCUT2D eigenvalue weighted by molar-refractivity contribution is -0.0664. The van der Waals surface area contributed by atoms with Crippen molar-refractivity contribution in [2.45, 2.75) is 63.7 Å². The molecule has 0 bridgehead atoms. The molecule has 2 atom stereocenters. The molecule has 2 heterocycles. The van der Waals surface area contributed by atoms with Crippen LogP contribution in [0.1, 0.15) is 56.0 Å². The molecule has 2 N–H and O–H groups in total. The molecule has 2 unspecified atom stereocenters. The van der Waals surface area contributed by atoms with Gasteiger partial charge in [-0.15, -0.1) is 0 Å². The lowest BCUT2D eigenvalue weighted by Gasteiger charge is -2.46. The number of carbonyl (C=O) groups is 2. The Hall–Kier alpha value is -3.48. The number of aromatic nitrogens is 1. The van der Waals surface area contributed by atoms with Crippen LogP contribution in [-0.2, 0) is 9.47 Å². The Bertz CT molecular complexity index is 1210. The Morgan fingerprint density at radius 1 is 1.18 bits per heavy atom. The van der Waals surface area contributed by atoms with Gasteiger partial charge in [-0.2, -0.15) is 0 Å². The number of halogens is 5. The van der Waals surface area contributed by atoms with Crippen LogP contribution in [0, 0.1) is 5.82 Å². The van der Waals surface area contributed by atoms with Crippen molar-refractivity contribution < 1.29 is 46.1 Å². The molecule has 13 heteroatoms. The van der Waals surface area contributed by atoms with Gasteiger partial charge < -0.3 is 24.8 Å². The third-order valence-electron chi connectivity index (χ3n) is 6.23. The van der Waals surface area contributed by atoms with Crippen LogP contribution in [0.5, 0.6) is 0 Å². The summed E-state index contributed by atoms with van der Waals surface area (Å²) in [5.41, 5.74) is -3.65. The number of amides is 1. The Kier molecular flexibility index (Phi) is 9.04. The minimum atomic E-state index is -3.22. The molecule has 1 saturated heterocycles. The van der Waals surface area contributed by atoms with Gasteiger partial charge in [-0.3, -0.25) is 4.98 Å². The van der Waals surface area contributed by atoms with Gasteiger partial charge in [0.15, 0.2) is 0 Å². The van der Waals surface area contributed by atoms with E-state index in [1.54, 1.807) is 20.8 Å². The monoisotopic (exact) mass is 559 g/mol. The molecule has 1 amide bonds. The third-order valence-corrected chi connectivity index (χ3v) is 6.23. The van der Waals surface area contributed by atoms with E-state index >= 15 is 0 Å². The average Bonchev–Trinajstić information content (AvgIpc) is 2.86. The highest BCUT2D eigenvalue weighted by molar-refractivity contribution is 5.97. The van der Waals surface area contributed by atoms with Crippen LogP contribution in [0.4, 0.5) is 32.4 Å². The van der Waals surface area contributed by atoms with Crippen LogP contribution < -0.4 is 10.2 Å². The number of piperidine rings is 1. The van der Waals surface area contributed by atoms with Crippen LogP contribution in [0.2, 0.25) is 0 Å². The second-order valence-electron chi connectivity index (χ2n) is 10.2. The number of ether oxygens (including phenoxy) is 2. The van der Waals surface area contributed by atoms with E-state index in [-0.39, 0.29) is 48.4 Å². The number of rotatable bonds is 7. The van der Waals surface area contributed by atoms with Crippen LogP contribution in [0.15, 0.2) is 30.5 Å². The van der Waals surface area contributed by atoms with Crippen LogP contribution >= 0.6 is 0 Å². The third kappa shape index (κ3) is 6.94. The molecule has 8 nitrogen and oxygen atoms in total. The highest BCUT2D eigenvalue weighted by Gasteiger charge is 2.48. The number of alkyl halides is 4. The lowest BCUT2D eigenvalue weighted by Crippen LogP contribution is -2.67. The summed E-state index contributed by atoms with van der Waals surface area (Å²) in [4.78, 5) is 30.9. The fourth-order valence-electron chi connectivity index (χ4n) is 4.52. The number of nitrogens with zero attached hydrogens (tertiary/aromatic N) is 2. The van der Waals surface area contributed by atoms with E-state index in [0.29, 0.717) is 6.07 Å². The van der Waals surface area contributed by atoms with Gasteiger partial charge in [0.05, 0.1) is 35.8 Å². The molecule has 1 aliphatic rings. The predicted octanol–water partition coefficient (Wildman–Crippen LogP) is 5.10. The van der Waals surface area contributed by atoms with Gasteiger partial charge in [0.2, 0.25) is 0 Å². The number of esters is 1. The van der Waals surface area contributed by atoms with E-state index in [1.807, 2.05) is 0 Å². The van der Waals surface area contributed by atoms with Gasteiger partial charge in [-0.25, -0.2) is 31.5 Å². The second kappa shape index (κ2) is 11.7. The van der Waals surface area contributed by atoms with Crippen molar-refractivity contribution in [3.05, 3.63) is 47.4 Å². The van der Waals surface area contributed by atoms with Crippen molar-refractivity contribution in [1.82, 2.24) is 10.3 Å². The summed E-state index contributed by atoms with van der Waals surface area (Å²) in [6, 6.07) is 3.93. The normalized spacial score (nSPS) is 18.7. The number of methoxy groups -OCH3 is 1. The Balaban J connectivity index is 2.06. The molecule has 1 aliphatic heterocycles. The zero-order valence-electron chi connectivity index (χ0n) is 21.8. The first-order valence-corrected chi connectivity index (χ1v) is 12.1. The summed E-state index contributed by atoms with van der Waals surface area (Å²) in [6.07, 6.45) is -8.17. The number of aliphatic hydroxyl groups is 1. The molecule has 3 rings (SSSR count). The van der Waals surface area contributed by atoms with Gasteiger partial charge in [0.1, 0.15) is 17.5 Å². The van der Waals surface area contributed by atoms with Crippen molar-refractivity contribution in [3.8, 4) is 11.3 Å². The van der Waals surface area contributed by atoms with Crippen LogP contribution in [-0.4, -0.2) is 66.0 Å². The maximum absolute atomic E-state index is 13.8. The number of aliphatic hydroxyl groups excluding tert-OH is 1. The van der Waals surface area contributed by atoms with E-state index < -0.39 is 53.5 Å². The van der Waals surface area contributed by atoms with Gasteiger partial charge in [0, 0.05) is 24.2 Å². The molecule has 0 saturated carbocycles. The topological polar surface area (TPSA) is 101 Å². The standard InChI is InChI=1S/C26H30F5N3O5/c1-25(2,3)39-24(37)33-26(20(35)22(30)31)8-5-9-34(13-26)19-12-32-18(11-17(19)23(36)38-4)15-7-6-14(27)10-16(15)21(28)29/h6-7,10-12,20-22,35H,5,8-9,13H2,1-4H3,(H,33,37). The molecule has 2 aromatic rings. The van der Waals surface area contributed by atoms with E-state index in [1.165, 1.54) is 17.2 Å². The number of hydrogen-bond donors (Lipinski definition) is 2. The fourth-order valence-corrected chi connectivity index (χ4v) is 4.52. The number of carbonyl (C=O) groups excluding carboxylic acids is 2. The number of pyridine rings is 1. The predicted molar refractivity (Wildman–Crippen MR) is 131 cm³/mol. The molecule has 1 aromatic heterocycles. The molecule has 214 valence electrons. The molecule has 0 spiro atoms. The number of anilines is 1. The van der Waals surface area contributed by atoms with Gasteiger partial charge in [0.25, 0.3) is 12.9 Å². The number of benzene rings is 1. The van der Waals surface area contributed by atoms with E-state index in [4.69, 9.17) is 9.47 Å². The Morgan fingerprint density at radius 2 is 1.87 bits per heavy atom. The first-order valence-electron chi connectivity index (χ1n) is 12.1. The van der Waals surface area contributed by atoms with Crippen molar-refractivity contribution in [3.63, 3.8) is 0 Å². The molecule has 0 radical (unpaired) electrons. The van der Waals surface area contributed by atoms with Gasteiger partial charge in [-0.1, -0.05) is 0 Å². The quantitative estimate of drug-likeness (QED) is 0.360. The zero-order valence-corrected chi connectivity index (χ0v) is 21.8. The minimum absolute atomic E-state index is 0.0271. The highest BCUT2D eigenvalue weighted by Crippen LogP contribution is 2.36. The molecule has 0 aliphatic carbocycles. The first-order chi connectivity index (χ1) is 18.2. The summed E-state index contributed by atoms with van der Waals surface area (Å²) in [7, 11) is 1.10. The summed E-state index contributed by atoms with van der Waals surface area (Å²) in [6.45, 7) is 4.63. The largest absolute Gasteiger partial charge is 0.465 e. The van der Waals surface area contributed by atoms with Crippen LogP contribution in [0.25, 0.3) is 11.3 Å². The second-order valence-corrected chi connectivity index (χ2v) is 10.2. The number of alkyl carbamates (subject to hydrolysis) is 1. The molecular weight excluding hydrogens is 529 g/mol. The van der Waals surface area contributed by atoms with Gasteiger partial charge in [-0.05, 0) is 57.9 Å². The Morgan fingerprint density at radius 3 is 2.46 bits per heavy atom. The number of nitrogens with one attached hydrogen (secondary N) is 1. The van der Waals surface area contributed by atoms with E-state index in [0.717, 1.165) is 19.2 Å². The number of hydrogen-bond acceptors (Lipinski definition) is 7. The van der Waals surface area contributed by atoms with E-state index in [9.17, 15) is 36.6 Å². The van der Waals surface area contributed by atoms with Crippen molar-refractivity contribution in [2.75, 3.05) is 25.1 Å². The van der Waals surface area contributed by atoms with Gasteiger partial charge >= 0.3 is 12.1 Å². The average molecular weight is 560 g/mol. The van der Waals surface area contributed by atoms with Crippen molar-refractivity contribution in [1.29, 1.82) is 0 Å². The summed E-state index contributed by atoms with van der Waals surface area (Å²) >= 11 is 0. The first kappa shape index (κ1) is 30.1. The summed E-state index contributed by atoms with van der Waals surface area (Å²) in [5, 5.41) is 12.9. The Labute approximate surface area is 222 Å². The molecule has 1 aromatic carbocycles. The maximum Gasteiger partial charge on any atom is 0.408 e. The fraction of sp³-hybridized carbons (Fsp3) is 0.500. The summed E-state index contributed by atoms with van der Waals surface area (Å²) in [5.74, 6) is -1.75. The zero-order chi connectivity index (χ0) is 29.1. The SMILES string of the molecule is COC(=O)c1cc(-c2ccc(F)cc2C(F)F)ncc1N1CCCC(NC(=O)OC(C)(C)C)(C(O)C(F)F)C1. The smallest absolute Gasteiger partial charge is 0.408 e. The maximum atomic E-state index is 13.8. The molecular formula is C26H30F5N3O5. The minimum Gasteiger partial charge on any atom is -0.465 e. The summed E-state index contributed by atoms with van der Waals surface area (Å²) < 4.78 is 78.4. The van der Waals surface area contributed by atoms with Crippen molar-refractivity contribution in [2.24, 2.45) is 0 Å².